The van der Waals surface area contributed by atoms with Crippen LogP contribution in [0, 0.1) is 11.3 Å². The molecule has 0 bridgehead atoms. The van der Waals surface area contributed by atoms with Gasteiger partial charge in [-0.3, -0.25) is 9.36 Å². The van der Waals surface area contributed by atoms with Gasteiger partial charge >= 0.3 is 0 Å². The number of thioether (sulfide) groups is 1. The minimum atomic E-state index is -0.136. The molecule has 0 aliphatic heterocycles. The van der Waals surface area contributed by atoms with Crippen molar-refractivity contribution in [1.82, 2.24) is 14.8 Å². The normalized spacial score (nSPS) is 13.7. The number of nitrogens with zero attached hydrogens (tertiary/aromatic N) is 4. The molecule has 0 atom stereocenters. The smallest absolute Gasteiger partial charge is 0.235 e. The van der Waals surface area contributed by atoms with E-state index in [2.05, 4.69) is 53.5 Å². The van der Waals surface area contributed by atoms with Crippen LogP contribution in [0.2, 0.25) is 0 Å². The van der Waals surface area contributed by atoms with Gasteiger partial charge in [0.1, 0.15) is 11.1 Å². The third kappa shape index (κ3) is 5.45. The van der Waals surface area contributed by atoms with Gasteiger partial charge < -0.3 is 5.32 Å². The highest BCUT2D eigenvalue weighted by atomic mass is 32.2. The average Bonchev–Trinajstić information content (AvgIpc) is 3.50. The van der Waals surface area contributed by atoms with Gasteiger partial charge in [-0.15, -0.1) is 39.4 Å². The maximum atomic E-state index is 12.8. The number of thiophene rings is 2. The highest BCUT2D eigenvalue weighted by molar-refractivity contribution is 7.99. The summed E-state index contributed by atoms with van der Waals surface area (Å²) >= 11 is 4.64. The molecule has 0 spiro atoms. The monoisotopic (exact) mass is 511 g/mol. The largest absolute Gasteiger partial charge is 0.316 e. The number of carbonyl (C=O) groups is 1. The van der Waals surface area contributed by atoms with Crippen molar-refractivity contribution in [2.24, 2.45) is 0 Å². The molecule has 4 rings (SSSR count). The quantitative estimate of drug-likeness (QED) is 0.271. The van der Waals surface area contributed by atoms with Crippen LogP contribution in [0.15, 0.2) is 29.3 Å². The molecule has 9 heteroatoms. The Kier molecular flexibility index (Phi) is 8.24. The topological polar surface area (TPSA) is 83.6 Å². The molecule has 178 valence electrons. The van der Waals surface area contributed by atoms with E-state index >= 15 is 0 Å². The van der Waals surface area contributed by atoms with Crippen molar-refractivity contribution in [3.05, 3.63) is 45.0 Å². The van der Waals surface area contributed by atoms with Crippen molar-refractivity contribution in [3.63, 3.8) is 0 Å². The van der Waals surface area contributed by atoms with Gasteiger partial charge in [-0.05, 0) is 43.2 Å². The summed E-state index contributed by atoms with van der Waals surface area (Å²) in [4.78, 5) is 15.4. The Morgan fingerprint density at radius 1 is 1.32 bits per heavy atom. The maximum absolute atomic E-state index is 12.8. The maximum Gasteiger partial charge on any atom is 0.235 e. The lowest BCUT2D eigenvalue weighted by molar-refractivity contribution is -0.113. The lowest BCUT2D eigenvalue weighted by Crippen LogP contribution is -2.14. The van der Waals surface area contributed by atoms with Gasteiger partial charge in [0.25, 0.3) is 0 Å². The van der Waals surface area contributed by atoms with Gasteiger partial charge in [0.05, 0.1) is 11.3 Å². The number of nitrogens with one attached hydrogen (secondary N) is 1. The first kappa shape index (κ1) is 24.7. The van der Waals surface area contributed by atoms with Gasteiger partial charge in [-0.2, -0.15) is 5.26 Å². The van der Waals surface area contributed by atoms with Crippen LogP contribution < -0.4 is 5.32 Å². The summed E-state index contributed by atoms with van der Waals surface area (Å²) in [5.41, 5.74) is 2.83. The highest BCUT2D eigenvalue weighted by Crippen LogP contribution is 2.37. The van der Waals surface area contributed by atoms with Gasteiger partial charge in [0.15, 0.2) is 11.0 Å². The summed E-state index contributed by atoms with van der Waals surface area (Å²) < 4.78 is 1.99. The Morgan fingerprint density at radius 3 is 2.82 bits per heavy atom. The summed E-state index contributed by atoms with van der Waals surface area (Å²) in [7, 11) is 0. The number of fused-ring (bicyclic) bond motifs is 1. The second-order valence-electron chi connectivity index (χ2n) is 8.67. The second kappa shape index (κ2) is 11.3. The van der Waals surface area contributed by atoms with Crippen LogP contribution in [-0.4, -0.2) is 26.4 Å². The van der Waals surface area contributed by atoms with Crippen LogP contribution in [0.1, 0.15) is 66.3 Å². The molecular weight excluding hydrogens is 483 g/mol. The molecule has 1 amide bonds. The Hall–Kier alpha value is -2.41. The number of hydrogen-bond acceptors (Lipinski definition) is 7. The van der Waals surface area contributed by atoms with Crippen molar-refractivity contribution in [2.45, 2.75) is 70.0 Å². The molecule has 3 aromatic rings. The second-order valence-corrected chi connectivity index (χ2v) is 11.7. The molecule has 0 saturated heterocycles. The van der Waals surface area contributed by atoms with E-state index in [0.29, 0.717) is 28.2 Å². The van der Waals surface area contributed by atoms with Gasteiger partial charge in [-0.1, -0.05) is 44.5 Å². The van der Waals surface area contributed by atoms with Gasteiger partial charge in [0, 0.05) is 27.2 Å². The number of aryl methyl sites for hydroxylation is 1. The highest BCUT2D eigenvalue weighted by Gasteiger charge is 2.21. The van der Waals surface area contributed by atoms with Crippen LogP contribution >= 0.6 is 34.4 Å². The minimum Gasteiger partial charge on any atom is -0.316 e. The Labute approximate surface area is 213 Å². The number of rotatable bonds is 8. The van der Waals surface area contributed by atoms with E-state index in [1.807, 2.05) is 10.6 Å². The van der Waals surface area contributed by atoms with E-state index in [9.17, 15) is 10.1 Å². The fraction of sp³-hybridized carbons (Fsp3) is 0.440. The number of hydrogen-bond donors (Lipinski definition) is 1. The summed E-state index contributed by atoms with van der Waals surface area (Å²) in [5.74, 6) is 1.31. The molecule has 3 heterocycles. The van der Waals surface area contributed by atoms with E-state index in [4.69, 9.17) is 0 Å². The van der Waals surface area contributed by atoms with Crippen molar-refractivity contribution in [2.75, 3.05) is 11.1 Å². The van der Waals surface area contributed by atoms with Crippen molar-refractivity contribution < 1.29 is 4.79 Å². The summed E-state index contributed by atoms with van der Waals surface area (Å²) in [6.07, 6.45) is 8.41. The van der Waals surface area contributed by atoms with E-state index in [-0.39, 0.29) is 11.7 Å². The number of nitriles is 1. The summed E-state index contributed by atoms with van der Waals surface area (Å²) in [5, 5.41) is 25.0. The molecule has 3 aromatic heterocycles. The molecule has 1 aliphatic carbocycles. The third-order valence-corrected chi connectivity index (χ3v) is 9.25. The van der Waals surface area contributed by atoms with Crippen LogP contribution in [0.3, 0.4) is 0 Å². The van der Waals surface area contributed by atoms with Crippen LogP contribution in [-0.2, 0) is 24.2 Å². The molecule has 1 aliphatic rings. The minimum absolute atomic E-state index is 0.136. The number of carbonyl (C=O) groups excluding carboxylic acids is 1. The Balaban J connectivity index is 1.47. The Bertz CT molecular complexity index is 1210. The fourth-order valence-electron chi connectivity index (χ4n) is 4.09. The first-order valence-electron chi connectivity index (χ1n) is 11.6. The number of anilines is 1. The first-order valence-corrected chi connectivity index (χ1v) is 14.3. The number of amides is 1. The van der Waals surface area contributed by atoms with Gasteiger partial charge in [-0.25, -0.2) is 0 Å². The van der Waals surface area contributed by atoms with Crippen molar-refractivity contribution >= 4 is 45.3 Å². The predicted molar refractivity (Wildman–Crippen MR) is 142 cm³/mol. The molecule has 0 fully saturated rings. The van der Waals surface area contributed by atoms with E-state index < -0.39 is 0 Å². The SMILES string of the molecule is C=CCn1c(SCC(=O)Nc2sc3c(c2C#N)CCCCCC3)nnc1-c1csc(C(C)C)c1. The zero-order chi connectivity index (χ0) is 24.1. The van der Waals surface area contributed by atoms with Crippen LogP contribution in [0.5, 0.6) is 0 Å². The van der Waals surface area contributed by atoms with Gasteiger partial charge in [0.2, 0.25) is 5.91 Å². The van der Waals surface area contributed by atoms with Crippen LogP contribution in [0.25, 0.3) is 11.4 Å². The first-order chi connectivity index (χ1) is 16.5. The molecule has 1 N–H and O–H groups in total. The van der Waals surface area contributed by atoms with Crippen LogP contribution in [0.4, 0.5) is 5.00 Å². The molecule has 0 radical (unpaired) electrons. The molecule has 0 aromatic carbocycles. The number of aromatic nitrogens is 3. The van der Waals surface area contributed by atoms with E-state index in [1.165, 1.54) is 34.4 Å². The molecular formula is C25H29N5OS3. The molecule has 0 saturated carbocycles. The molecule has 0 unspecified atom stereocenters. The molecule has 6 nitrogen and oxygen atoms in total. The molecule has 34 heavy (non-hydrogen) atoms. The predicted octanol–water partition coefficient (Wildman–Crippen LogP) is 6.64. The fourth-order valence-corrected chi connectivity index (χ4v) is 7.00. The van der Waals surface area contributed by atoms with Crippen molar-refractivity contribution in [3.8, 4) is 17.5 Å². The summed E-state index contributed by atoms with van der Waals surface area (Å²) in [6.45, 7) is 8.78. The van der Waals surface area contributed by atoms with Crippen molar-refractivity contribution in [1.29, 1.82) is 5.26 Å². The lowest BCUT2D eigenvalue weighted by Gasteiger charge is -2.08. The zero-order valence-corrected chi connectivity index (χ0v) is 22.0. The number of allylic oxidation sites excluding steroid dienone is 1. The van der Waals surface area contributed by atoms with E-state index in [0.717, 1.165) is 42.6 Å². The lowest BCUT2D eigenvalue weighted by atomic mass is 9.97. The Morgan fingerprint density at radius 2 is 2.12 bits per heavy atom. The standard InChI is InChI=1S/C25H29N5OS3/c1-4-11-30-23(17-12-21(16(2)3)32-14-17)28-29-25(30)33-15-22(31)27-24-19(13-26)18-9-7-5-6-8-10-20(18)34-24/h4,12,14,16H,1,5-11,15H2,2-3H3,(H,27,31). The van der Waals surface area contributed by atoms with E-state index in [1.54, 1.807) is 22.7 Å². The third-order valence-electron chi connectivity index (χ3n) is 5.84. The average molecular weight is 512 g/mol. The zero-order valence-electron chi connectivity index (χ0n) is 19.6. The summed E-state index contributed by atoms with van der Waals surface area (Å²) in [6, 6.07) is 4.50.